The highest BCUT2D eigenvalue weighted by Crippen LogP contribution is 2.32. The smallest absolute Gasteiger partial charge is 0.253 e. The van der Waals surface area contributed by atoms with E-state index in [4.69, 9.17) is 19.7 Å². The minimum atomic E-state index is -0.316. The third kappa shape index (κ3) is 3.91. The molecule has 10 heteroatoms. The highest BCUT2D eigenvalue weighted by Gasteiger charge is 2.15. The molecule has 0 aliphatic rings. The van der Waals surface area contributed by atoms with Crippen molar-refractivity contribution in [3.8, 4) is 22.9 Å². The van der Waals surface area contributed by atoms with E-state index in [1.165, 1.54) is 17.8 Å². The monoisotopic (exact) mass is 361 g/mol. The predicted octanol–water partition coefficient (Wildman–Crippen LogP) is 1.71. The normalized spacial score (nSPS) is 10.6. The Labute approximate surface area is 146 Å². The van der Waals surface area contributed by atoms with E-state index in [-0.39, 0.29) is 11.4 Å². The first-order chi connectivity index (χ1) is 12.1. The van der Waals surface area contributed by atoms with E-state index < -0.39 is 0 Å². The summed E-state index contributed by atoms with van der Waals surface area (Å²) in [6.45, 7) is 0. The van der Waals surface area contributed by atoms with Gasteiger partial charge in [0.15, 0.2) is 5.16 Å². The minimum Gasteiger partial charge on any atom is -0.497 e. The van der Waals surface area contributed by atoms with E-state index in [9.17, 15) is 4.79 Å². The fourth-order valence-electron chi connectivity index (χ4n) is 2.06. The minimum absolute atomic E-state index is 0.153. The summed E-state index contributed by atoms with van der Waals surface area (Å²) in [5.74, 6) is 2.49. The fourth-order valence-corrected chi connectivity index (χ4v) is 2.78. The SMILES string of the molecule is COc1ccc(-c2noc(CSc3nc(N)cc(=O)[nH]3)n2)c(OC)c1. The van der Waals surface area contributed by atoms with E-state index >= 15 is 0 Å². The first-order valence-corrected chi connectivity index (χ1v) is 8.12. The van der Waals surface area contributed by atoms with Gasteiger partial charge in [-0.2, -0.15) is 4.98 Å². The molecule has 0 spiro atoms. The van der Waals surface area contributed by atoms with E-state index in [1.54, 1.807) is 32.4 Å². The van der Waals surface area contributed by atoms with Gasteiger partial charge in [-0.25, -0.2) is 4.98 Å². The molecule has 0 bridgehead atoms. The van der Waals surface area contributed by atoms with Crippen LogP contribution in [0.3, 0.4) is 0 Å². The van der Waals surface area contributed by atoms with Crippen LogP contribution in [0.5, 0.6) is 11.5 Å². The molecule has 25 heavy (non-hydrogen) atoms. The molecular formula is C15H15N5O4S. The molecule has 2 aromatic heterocycles. The molecule has 0 saturated heterocycles. The van der Waals surface area contributed by atoms with Crippen molar-refractivity contribution >= 4 is 17.6 Å². The Bertz CT molecular complexity index is 940. The van der Waals surface area contributed by atoms with Crippen molar-refractivity contribution < 1.29 is 14.0 Å². The number of nitrogens with two attached hydrogens (primary N) is 1. The van der Waals surface area contributed by atoms with Crippen LogP contribution in [-0.2, 0) is 5.75 Å². The number of aromatic amines is 1. The Balaban J connectivity index is 1.77. The second-order valence-electron chi connectivity index (χ2n) is 4.84. The number of nitrogens with one attached hydrogen (secondary N) is 1. The van der Waals surface area contributed by atoms with Crippen molar-refractivity contribution in [2.24, 2.45) is 0 Å². The number of hydrogen-bond donors (Lipinski definition) is 2. The van der Waals surface area contributed by atoms with Gasteiger partial charge >= 0.3 is 0 Å². The highest BCUT2D eigenvalue weighted by molar-refractivity contribution is 7.98. The zero-order chi connectivity index (χ0) is 17.8. The molecule has 3 rings (SSSR count). The first-order valence-electron chi connectivity index (χ1n) is 7.13. The maximum Gasteiger partial charge on any atom is 0.253 e. The lowest BCUT2D eigenvalue weighted by atomic mass is 10.2. The molecule has 3 aromatic rings. The average molecular weight is 361 g/mol. The second kappa shape index (κ2) is 7.26. The summed E-state index contributed by atoms with van der Waals surface area (Å²) in [5.41, 5.74) is 5.91. The number of methoxy groups -OCH3 is 2. The van der Waals surface area contributed by atoms with E-state index in [0.29, 0.717) is 39.7 Å². The van der Waals surface area contributed by atoms with E-state index in [1.807, 2.05) is 0 Å². The molecule has 0 radical (unpaired) electrons. The molecule has 0 aliphatic heterocycles. The van der Waals surface area contributed by atoms with Crippen LogP contribution in [-0.4, -0.2) is 34.3 Å². The molecule has 130 valence electrons. The van der Waals surface area contributed by atoms with Crippen LogP contribution >= 0.6 is 11.8 Å². The number of nitrogen functional groups attached to an aromatic ring is 1. The Kier molecular flexibility index (Phi) is 4.89. The van der Waals surface area contributed by atoms with Gasteiger partial charge in [-0.1, -0.05) is 16.9 Å². The molecule has 1 aromatic carbocycles. The van der Waals surface area contributed by atoms with Gasteiger partial charge in [0, 0.05) is 12.1 Å². The maximum absolute atomic E-state index is 11.4. The van der Waals surface area contributed by atoms with Crippen molar-refractivity contribution in [1.29, 1.82) is 0 Å². The average Bonchev–Trinajstić information content (AvgIpc) is 3.07. The van der Waals surface area contributed by atoms with Crippen molar-refractivity contribution in [1.82, 2.24) is 20.1 Å². The molecule has 3 N–H and O–H groups in total. The van der Waals surface area contributed by atoms with Gasteiger partial charge in [-0.15, -0.1) is 0 Å². The summed E-state index contributed by atoms with van der Waals surface area (Å²) in [6, 6.07) is 6.52. The lowest BCUT2D eigenvalue weighted by Crippen LogP contribution is -2.09. The summed E-state index contributed by atoms with van der Waals surface area (Å²) in [7, 11) is 3.13. The topological polar surface area (TPSA) is 129 Å². The fraction of sp³-hybridized carbons (Fsp3) is 0.200. The quantitative estimate of drug-likeness (QED) is 0.498. The second-order valence-corrected chi connectivity index (χ2v) is 5.81. The summed E-state index contributed by atoms with van der Waals surface area (Å²) in [4.78, 5) is 22.3. The maximum atomic E-state index is 11.4. The molecule has 0 atom stereocenters. The van der Waals surface area contributed by atoms with Crippen LogP contribution in [0, 0.1) is 0 Å². The van der Waals surface area contributed by atoms with Crippen molar-refractivity contribution in [3.05, 3.63) is 40.5 Å². The number of thioether (sulfide) groups is 1. The van der Waals surface area contributed by atoms with Crippen LogP contribution in [0.4, 0.5) is 5.82 Å². The van der Waals surface area contributed by atoms with Crippen molar-refractivity contribution in [3.63, 3.8) is 0 Å². The molecule has 2 heterocycles. The molecule has 0 fully saturated rings. The van der Waals surface area contributed by atoms with Gasteiger partial charge in [0.25, 0.3) is 5.56 Å². The Morgan fingerprint density at radius 1 is 1.24 bits per heavy atom. The number of rotatable bonds is 6. The standard InChI is InChI=1S/C15H15N5O4S/c1-22-8-3-4-9(10(5-8)23-2)14-19-13(24-20-14)7-25-15-17-11(16)6-12(21)18-15/h3-6H,7H2,1-2H3,(H3,16,17,18,21). The van der Waals surface area contributed by atoms with Crippen molar-refractivity contribution in [2.75, 3.05) is 20.0 Å². The van der Waals surface area contributed by atoms with Gasteiger partial charge in [0.2, 0.25) is 11.7 Å². The third-order valence-electron chi connectivity index (χ3n) is 3.19. The first kappa shape index (κ1) is 16.8. The van der Waals surface area contributed by atoms with Gasteiger partial charge in [0.05, 0.1) is 25.5 Å². The number of anilines is 1. The Hall–Kier alpha value is -3.01. The molecule has 0 unspecified atom stereocenters. The molecule has 0 amide bonds. The molecule has 0 saturated carbocycles. The molecular weight excluding hydrogens is 346 g/mol. The number of hydrogen-bond acceptors (Lipinski definition) is 9. The largest absolute Gasteiger partial charge is 0.497 e. The zero-order valence-corrected chi connectivity index (χ0v) is 14.3. The number of aromatic nitrogens is 4. The number of H-pyrrole nitrogens is 1. The lowest BCUT2D eigenvalue weighted by molar-refractivity contribution is 0.388. The Morgan fingerprint density at radius 2 is 2.08 bits per heavy atom. The van der Waals surface area contributed by atoms with Crippen LogP contribution in [0.2, 0.25) is 0 Å². The zero-order valence-electron chi connectivity index (χ0n) is 13.5. The van der Waals surface area contributed by atoms with Crippen molar-refractivity contribution in [2.45, 2.75) is 10.9 Å². The van der Waals surface area contributed by atoms with Gasteiger partial charge < -0.3 is 24.7 Å². The van der Waals surface area contributed by atoms with Gasteiger partial charge in [-0.05, 0) is 12.1 Å². The third-order valence-corrected chi connectivity index (χ3v) is 4.05. The van der Waals surface area contributed by atoms with Crippen LogP contribution < -0.4 is 20.8 Å². The summed E-state index contributed by atoms with van der Waals surface area (Å²) in [5, 5.41) is 4.34. The number of nitrogens with zero attached hydrogens (tertiary/aromatic N) is 3. The molecule has 0 aliphatic carbocycles. The van der Waals surface area contributed by atoms with Gasteiger partial charge in [0.1, 0.15) is 17.3 Å². The number of ether oxygens (including phenoxy) is 2. The van der Waals surface area contributed by atoms with Crippen LogP contribution in [0.25, 0.3) is 11.4 Å². The highest BCUT2D eigenvalue weighted by atomic mass is 32.2. The lowest BCUT2D eigenvalue weighted by Gasteiger charge is -2.07. The van der Waals surface area contributed by atoms with E-state index in [2.05, 4.69) is 20.1 Å². The van der Waals surface area contributed by atoms with E-state index in [0.717, 1.165) is 0 Å². The van der Waals surface area contributed by atoms with Gasteiger partial charge in [-0.3, -0.25) is 4.79 Å². The number of benzene rings is 1. The summed E-state index contributed by atoms with van der Waals surface area (Å²) in [6.07, 6.45) is 0. The summed E-state index contributed by atoms with van der Waals surface area (Å²) < 4.78 is 15.7. The van der Waals surface area contributed by atoms with Crippen LogP contribution in [0.1, 0.15) is 5.89 Å². The molecule has 9 nitrogen and oxygen atoms in total. The van der Waals surface area contributed by atoms with Crippen LogP contribution in [0.15, 0.2) is 38.7 Å². The predicted molar refractivity (Wildman–Crippen MR) is 91.7 cm³/mol. The Morgan fingerprint density at radius 3 is 2.80 bits per heavy atom. The summed E-state index contributed by atoms with van der Waals surface area (Å²) >= 11 is 1.23.